The largest absolute Gasteiger partial charge is 0.348 e. The molecule has 1 N–H and O–H groups in total. The Morgan fingerprint density at radius 2 is 1.77 bits per heavy atom. The number of nitrogens with one attached hydrogen (secondary N) is 1. The molecule has 0 spiro atoms. The highest BCUT2D eigenvalue weighted by atomic mass is 16.2. The van der Waals surface area contributed by atoms with Crippen molar-refractivity contribution in [3.8, 4) is 0 Å². The second-order valence-electron chi connectivity index (χ2n) is 8.18. The van der Waals surface area contributed by atoms with Crippen molar-refractivity contribution in [2.75, 3.05) is 13.1 Å². The van der Waals surface area contributed by atoms with Gasteiger partial charge in [-0.25, -0.2) is 0 Å². The van der Waals surface area contributed by atoms with Gasteiger partial charge in [0.05, 0.1) is 18.8 Å². The van der Waals surface area contributed by atoms with Crippen molar-refractivity contribution >= 4 is 5.91 Å². The lowest BCUT2D eigenvalue weighted by Crippen LogP contribution is -2.42. The zero-order chi connectivity index (χ0) is 21.6. The molecule has 3 aromatic rings. The zero-order valence-electron chi connectivity index (χ0n) is 18.5. The second kappa shape index (κ2) is 9.92. The first-order chi connectivity index (χ1) is 15.2. The average Bonchev–Trinajstić information content (AvgIpc) is 3.22. The molecule has 2 atom stereocenters. The Hall–Kier alpha value is -2.92. The fourth-order valence-electron chi connectivity index (χ4n) is 4.66. The van der Waals surface area contributed by atoms with Crippen molar-refractivity contribution in [3.05, 3.63) is 89.2 Å². The molecule has 0 bridgehead atoms. The van der Waals surface area contributed by atoms with E-state index >= 15 is 0 Å². The van der Waals surface area contributed by atoms with Crippen LogP contribution in [0.15, 0.2) is 66.9 Å². The van der Waals surface area contributed by atoms with E-state index in [9.17, 15) is 4.79 Å². The molecular formula is C26H32N4O. The lowest BCUT2D eigenvalue weighted by Gasteiger charge is -2.32. The van der Waals surface area contributed by atoms with Gasteiger partial charge in [0.2, 0.25) is 5.91 Å². The highest BCUT2D eigenvalue weighted by molar-refractivity contribution is 5.83. The normalized spacial score (nSPS) is 16.7. The number of hydrogen-bond donors (Lipinski definition) is 1. The summed E-state index contributed by atoms with van der Waals surface area (Å²) < 4.78 is 2.10. The van der Waals surface area contributed by atoms with Gasteiger partial charge in [0.25, 0.3) is 0 Å². The number of aromatic nitrogens is 2. The summed E-state index contributed by atoms with van der Waals surface area (Å²) in [5.74, 6) is 0.0727. The van der Waals surface area contributed by atoms with Gasteiger partial charge < -0.3 is 5.32 Å². The fourth-order valence-corrected chi connectivity index (χ4v) is 4.66. The van der Waals surface area contributed by atoms with E-state index < -0.39 is 0 Å². The van der Waals surface area contributed by atoms with Crippen molar-refractivity contribution in [2.45, 2.75) is 51.7 Å². The summed E-state index contributed by atoms with van der Waals surface area (Å²) >= 11 is 0. The van der Waals surface area contributed by atoms with E-state index in [2.05, 4.69) is 58.1 Å². The Balaban J connectivity index is 1.55. The molecule has 1 aromatic heterocycles. The summed E-state index contributed by atoms with van der Waals surface area (Å²) in [6, 6.07) is 20.3. The van der Waals surface area contributed by atoms with Crippen LogP contribution in [-0.4, -0.2) is 33.7 Å². The summed E-state index contributed by atoms with van der Waals surface area (Å²) in [6.45, 7) is 6.64. The van der Waals surface area contributed by atoms with Gasteiger partial charge in [0.15, 0.2) is 0 Å². The number of likely N-dealkylation sites (N-methyl/N-ethyl adjacent to an activating group) is 1. The first kappa shape index (κ1) is 21.3. The maximum absolute atomic E-state index is 13.5. The molecule has 4 rings (SSSR count). The molecule has 162 valence electrons. The highest BCUT2D eigenvalue weighted by Crippen LogP contribution is 2.31. The quantitative estimate of drug-likeness (QED) is 0.588. The molecule has 5 nitrogen and oxygen atoms in total. The lowest BCUT2D eigenvalue weighted by molar-refractivity contribution is -0.127. The van der Waals surface area contributed by atoms with Gasteiger partial charge in [-0.2, -0.15) is 5.10 Å². The molecule has 1 heterocycles. The third-order valence-electron chi connectivity index (χ3n) is 6.30. The minimum atomic E-state index is -0.277. The van der Waals surface area contributed by atoms with Crippen LogP contribution in [0, 0.1) is 0 Å². The zero-order valence-corrected chi connectivity index (χ0v) is 18.5. The van der Waals surface area contributed by atoms with Crippen LogP contribution >= 0.6 is 0 Å². The van der Waals surface area contributed by atoms with Crippen LogP contribution in [0.3, 0.4) is 0 Å². The number of rotatable bonds is 8. The fraction of sp³-hybridized carbons (Fsp3) is 0.385. The molecule has 2 unspecified atom stereocenters. The second-order valence-corrected chi connectivity index (χ2v) is 8.18. The monoisotopic (exact) mass is 416 g/mol. The molecule has 0 saturated carbocycles. The van der Waals surface area contributed by atoms with Gasteiger partial charge in [-0.05, 0) is 43.5 Å². The SMILES string of the molecule is CCN(CC)C(C(=O)NC1CCCc2c1cnn2Cc1ccccc1)c1ccccc1. The molecule has 0 radical (unpaired) electrons. The van der Waals surface area contributed by atoms with Crippen LogP contribution in [0.4, 0.5) is 0 Å². The summed E-state index contributed by atoms with van der Waals surface area (Å²) in [6.07, 6.45) is 4.97. The summed E-state index contributed by atoms with van der Waals surface area (Å²) in [5, 5.41) is 8.04. The molecule has 1 amide bonds. The van der Waals surface area contributed by atoms with Crippen molar-refractivity contribution < 1.29 is 4.79 Å². The summed E-state index contributed by atoms with van der Waals surface area (Å²) in [5.41, 5.74) is 4.70. The van der Waals surface area contributed by atoms with Crippen LogP contribution in [0.5, 0.6) is 0 Å². The van der Waals surface area contributed by atoms with E-state index in [4.69, 9.17) is 0 Å². The summed E-state index contributed by atoms with van der Waals surface area (Å²) in [4.78, 5) is 15.7. The van der Waals surface area contributed by atoms with Crippen molar-refractivity contribution in [3.63, 3.8) is 0 Å². The summed E-state index contributed by atoms with van der Waals surface area (Å²) in [7, 11) is 0. The maximum Gasteiger partial charge on any atom is 0.242 e. The van der Waals surface area contributed by atoms with E-state index in [-0.39, 0.29) is 18.0 Å². The molecule has 31 heavy (non-hydrogen) atoms. The lowest BCUT2D eigenvalue weighted by atomic mass is 9.92. The van der Waals surface area contributed by atoms with E-state index in [1.54, 1.807) is 0 Å². The van der Waals surface area contributed by atoms with Gasteiger partial charge in [0, 0.05) is 11.3 Å². The Bertz CT molecular complexity index is 979. The van der Waals surface area contributed by atoms with Gasteiger partial charge in [0.1, 0.15) is 6.04 Å². The van der Waals surface area contributed by atoms with E-state index in [1.165, 1.54) is 16.8 Å². The number of carbonyl (C=O) groups is 1. The first-order valence-corrected chi connectivity index (χ1v) is 11.4. The molecule has 5 heteroatoms. The third-order valence-corrected chi connectivity index (χ3v) is 6.30. The molecule has 0 fully saturated rings. The first-order valence-electron chi connectivity index (χ1n) is 11.4. The third kappa shape index (κ3) is 4.72. The Morgan fingerprint density at radius 1 is 1.10 bits per heavy atom. The van der Waals surface area contributed by atoms with Gasteiger partial charge >= 0.3 is 0 Å². The van der Waals surface area contributed by atoms with Crippen molar-refractivity contribution in [1.29, 1.82) is 0 Å². The van der Waals surface area contributed by atoms with E-state index in [1.807, 2.05) is 42.6 Å². The molecule has 1 aliphatic carbocycles. The standard InChI is InChI=1S/C26H32N4O/c1-3-29(4-2)25(21-14-9-6-10-15-21)26(31)28-23-16-11-17-24-22(23)18-27-30(24)19-20-12-7-5-8-13-20/h5-10,12-15,18,23,25H,3-4,11,16-17,19H2,1-2H3,(H,28,31). The van der Waals surface area contributed by atoms with E-state index in [0.717, 1.165) is 44.5 Å². The Labute approximate surface area is 185 Å². The van der Waals surface area contributed by atoms with Gasteiger partial charge in [-0.3, -0.25) is 14.4 Å². The van der Waals surface area contributed by atoms with E-state index in [0.29, 0.717) is 0 Å². The predicted molar refractivity (Wildman–Crippen MR) is 124 cm³/mol. The number of fused-ring (bicyclic) bond motifs is 1. The Kier molecular flexibility index (Phi) is 6.82. The maximum atomic E-state index is 13.5. The van der Waals surface area contributed by atoms with Crippen molar-refractivity contribution in [1.82, 2.24) is 20.0 Å². The number of amides is 1. The van der Waals surface area contributed by atoms with Crippen LogP contribution in [0.25, 0.3) is 0 Å². The van der Waals surface area contributed by atoms with Crippen LogP contribution in [0.1, 0.15) is 61.2 Å². The molecule has 2 aromatic carbocycles. The number of benzene rings is 2. The molecule has 1 aliphatic rings. The number of carbonyl (C=O) groups excluding carboxylic acids is 1. The molecular weight excluding hydrogens is 384 g/mol. The number of nitrogens with zero attached hydrogens (tertiary/aromatic N) is 3. The predicted octanol–water partition coefficient (Wildman–Crippen LogP) is 4.51. The van der Waals surface area contributed by atoms with Crippen molar-refractivity contribution in [2.24, 2.45) is 0 Å². The van der Waals surface area contributed by atoms with Crippen LogP contribution in [0.2, 0.25) is 0 Å². The van der Waals surface area contributed by atoms with Crippen LogP contribution < -0.4 is 5.32 Å². The van der Waals surface area contributed by atoms with Gasteiger partial charge in [-0.1, -0.05) is 74.5 Å². The Morgan fingerprint density at radius 3 is 2.45 bits per heavy atom. The van der Waals surface area contributed by atoms with Crippen LogP contribution in [-0.2, 0) is 17.8 Å². The average molecular weight is 417 g/mol. The van der Waals surface area contributed by atoms with Gasteiger partial charge in [-0.15, -0.1) is 0 Å². The molecule has 0 saturated heterocycles. The molecule has 0 aliphatic heterocycles. The highest BCUT2D eigenvalue weighted by Gasteiger charge is 2.31. The minimum absolute atomic E-state index is 0.0162. The number of hydrogen-bond acceptors (Lipinski definition) is 3. The minimum Gasteiger partial charge on any atom is -0.348 e. The smallest absolute Gasteiger partial charge is 0.242 e. The topological polar surface area (TPSA) is 50.2 Å².